The van der Waals surface area contributed by atoms with Crippen molar-refractivity contribution in [3.05, 3.63) is 182 Å². The minimum Gasteiger partial charge on any atom is -0.307 e. The number of aromatic nitrogens is 4. The number of hydrogen-bond acceptors (Lipinski definition) is 2. The first kappa shape index (κ1) is 30.7. The second-order valence-electron chi connectivity index (χ2n) is 15.0. The summed E-state index contributed by atoms with van der Waals surface area (Å²) in [7, 11) is 0. The van der Waals surface area contributed by atoms with Crippen LogP contribution in [-0.4, -0.2) is 18.9 Å². The summed E-state index contributed by atoms with van der Waals surface area (Å²) in [6, 6.07) is 60.9. The Bertz CT molecular complexity index is 3830. The van der Waals surface area contributed by atoms with E-state index in [-0.39, 0.29) is 5.82 Å². The molecule has 5 heteroatoms. The molecule has 0 unspecified atom stereocenters. The van der Waals surface area contributed by atoms with Crippen LogP contribution in [0.15, 0.2) is 176 Å². The average Bonchev–Trinajstić information content (AvgIpc) is 3.92. The van der Waals surface area contributed by atoms with Gasteiger partial charge in [-0.15, -0.1) is 0 Å². The standard InChI is InChI=1S/C52H29FN4/c53-31-14-11-13-30(29-31)48-39-20-5-8-24-42(39)54-52(55-48)38-27-28-45(33-16-2-1-15-32(33)38)56-44-26-10-7-21-40(44)46-35-18-3-4-19-36(35)47-41-23-12-22-37-34-17-6-9-25-43(34)57(49(37)41)51(47)50(46)56/h1-29H. The summed E-state index contributed by atoms with van der Waals surface area (Å²) in [4.78, 5) is 10.3. The molecule has 264 valence electrons. The van der Waals surface area contributed by atoms with Crippen LogP contribution >= 0.6 is 0 Å². The van der Waals surface area contributed by atoms with Crippen molar-refractivity contribution in [3.63, 3.8) is 0 Å². The van der Waals surface area contributed by atoms with Crippen molar-refractivity contribution >= 4 is 92.3 Å². The second kappa shape index (κ2) is 11.2. The lowest BCUT2D eigenvalue weighted by Gasteiger charge is -2.16. The average molecular weight is 729 g/mol. The van der Waals surface area contributed by atoms with Crippen LogP contribution < -0.4 is 0 Å². The maximum Gasteiger partial charge on any atom is 0.161 e. The van der Waals surface area contributed by atoms with Crippen LogP contribution in [0.5, 0.6) is 0 Å². The highest BCUT2D eigenvalue weighted by Gasteiger charge is 2.26. The molecule has 0 saturated heterocycles. The zero-order chi connectivity index (χ0) is 37.4. The summed E-state index contributed by atoms with van der Waals surface area (Å²) in [5, 5.41) is 13.0. The molecule has 13 rings (SSSR count). The lowest BCUT2D eigenvalue weighted by atomic mass is 9.97. The Morgan fingerprint density at radius 3 is 1.82 bits per heavy atom. The molecule has 0 aliphatic rings. The summed E-state index contributed by atoms with van der Waals surface area (Å²) in [5.74, 6) is 0.301. The number of halogens is 1. The van der Waals surface area contributed by atoms with E-state index in [9.17, 15) is 4.39 Å². The first-order valence-corrected chi connectivity index (χ1v) is 19.3. The largest absolute Gasteiger partial charge is 0.307 e. The Morgan fingerprint density at radius 1 is 0.404 bits per heavy atom. The molecular weight excluding hydrogens is 700 g/mol. The molecule has 0 radical (unpaired) electrons. The fraction of sp³-hybridized carbons (Fsp3) is 0. The highest BCUT2D eigenvalue weighted by atomic mass is 19.1. The summed E-state index contributed by atoms with van der Waals surface area (Å²) in [6.45, 7) is 0. The lowest BCUT2D eigenvalue weighted by Crippen LogP contribution is -2.00. The van der Waals surface area contributed by atoms with Gasteiger partial charge in [0.15, 0.2) is 5.82 Å². The summed E-state index contributed by atoms with van der Waals surface area (Å²) >= 11 is 0. The van der Waals surface area contributed by atoms with Crippen molar-refractivity contribution < 1.29 is 4.39 Å². The molecule has 4 aromatic heterocycles. The van der Waals surface area contributed by atoms with Crippen molar-refractivity contribution in [1.29, 1.82) is 0 Å². The molecule has 0 N–H and O–H groups in total. The number of rotatable bonds is 3. The first-order valence-electron chi connectivity index (χ1n) is 19.3. The van der Waals surface area contributed by atoms with Crippen molar-refractivity contribution in [2.45, 2.75) is 0 Å². The fourth-order valence-electron chi connectivity index (χ4n) is 9.82. The molecule has 0 amide bonds. The molecule has 0 aliphatic carbocycles. The van der Waals surface area contributed by atoms with Gasteiger partial charge in [0.25, 0.3) is 0 Å². The van der Waals surface area contributed by atoms with E-state index in [2.05, 4.69) is 136 Å². The molecule has 57 heavy (non-hydrogen) atoms. The molecule has 4 heterocycles. The van der Waals surface area contributed by atoms with E-state index in [1.807, 2.05) is 30.3 Å². The molecule has 13 aromatic rings. The number of para-hydroxylation sites is 4. The van der Waals surface area contributed by atoms with Gasteiger partial charge in [-0.2, -0.15) is 0 Å². The van der Waals surface area contributed by atoms with Crippen LogP contribution in [-0.2, 0) is 0 Å². The number of hydrogen-bond donors (Lipinski definition) is 0. The molecule has 0 saturated carbocycles. The molecule has 0 spiro atoms. The molecule has 9 aromatic carbocycles. The molecular formula is C52H29FN4. The Kier molecular flexibility index (Phi) is 6.04. The van der Waals surface area contributed by atoms with Crippen LogP contribution in [0.1, 0.15) is 0 Å². The normalized spacial score (nSPS) is 12.3. The van der Waals surface area contributed by atoms with Gasteiger partial charge in [-0.1, -0.05) is 133 Å². The quantitative estimate of drug-likeness (QED) is 0.182. The van der Waals surface area contributed by atoms with Crippen LogP contribution in [0.3, 0.4) is 0 Å². The summed E-state index contributed by atoms with van der Waals surface area (Å²) in [5.41, 5.74) is 10.2. The number of benzene rings is 9. The zero-order valence-corrected chi connectivity index (χ0v) is 30.4. The van der Waals surface area contributed by atoms with Gasteiger partial charge in [-0.25, -0.2) is 14.4 Å². The highest BCUT2D eigenvalue weighted by Crippen LogP contribution is 2.49. The van der Waals surface area contributed by atoms with Crippen molar-refractivity contribution in [1.82, 2.24) is 18.9 Å². The Labute approximate surface area is 324 Å². The van der Waals surface area contributed by atoms with E-state index in [1.54, 1.807) is 12.1 Å². The minimum atomic E-state index is -0.297. The number of nitrogens with zero attached hydrogens (tertiary/aromatic N) is 4. The summed E-state index contributed by atoms with van der Waals surface area (Å²) in [6.07, 6.45) is 0. The smallest absolute Gasteiger partial charge is 0.161 e. The molecule has 0 fully saturated rings. The maximum absolute atomic E-state index is 14.6. The van der Waals surface area contributed by atoms with E-state index in [0.717, 1.165) is 44.0 Å². The Balaban J connectivity index is 1.19. The topological polar surface area (TPSA) is 35.1 Å². The van der Waals surface area contributed by atoms with Gasteiger partial charge in [-0.05, 0) is 58.6 Å². The van der Waals surface area contributed by atoms with Crippen LogP contribution in [0, 0.1) is 5.82 Å². The zero-order valence-electron chi connectivity index (χ0n) is 30.4. The van der Waals surface area contributed by atoms with E-state index in [1.165, 1.54) is 71.2 Å². The minimum absolute atomic E-state index is 0.297. The van der Waals surface area contributed by atoms with Crippen LogP contribution in [0.4, 0.5) is 4.39 Å². The van der Waals surface area contributed by atoms with Crippen molar-refractivity contribution in [2.24, 2.45) is 0 Å². The van der Waals surface area contributed by atoms with Crippen molar-refractivity contribution in [3.8, 4) is 28.3 Å². The van der Waals surface area contributed by atoms with Gasteiger partial charge < -0.3 is 8.97 Å². The van der Waals surface area contributed by atoms with Gasteiger partial charge >= 0.3 is 0 Å². The predicted octanol–water partition coefficient (Wildman–Crippen LogP) is 13.7. The monoisotopic (exact) mass is 728 g/mol. The molecule has 0 bridgehead atoms. The SMILES string of the molecule is Fc1cccc(-c2nc(-c3ccc(-n4c5ccccc5c5c6ccccc6c6c7cccc8c9ccccc9n(c87)c6c54)c4ccccc34)nc3ccccc23)c1. The molecule has 0 aliphatic heterocycles. The van der Waals surface area contributed by atoms with E-state index in [0.29, 0.717) is 11.5 Å². The van der Waals surface area contributed by atoms with E-state index < -0.39 is 0 Å². The molecule has 4 nitrogen and oxygen atoms in total. The third-order valence-electron chi connectivity index (χ3n) is 12.1. The Morgan fingerprint density at radius 2 is 1.02 bits per heavy atom. The Hall–Kier alpha value is -7.63. The lowest BCUT2D eigenvalue weighted by molar-refractivity contribution is 0.628. The van der Waals surface area contributed by atoms with E-state index >= 15 is 0 Å². The van der Waals surface area contributed by atoms with Gasteiger partial charge in [-0.3, -0.25) is 0 Å². The van der Waals surface area contributed by atoms with Crippen LogP contribution in [0.2, 0.25) is 0 Å². The predicted molar refractivity (Wildman–Crippen MR) is 234 cm³/mol. The van der Waals surface area contributed by atoms with Gasteiger partial charge in [0.1, 0.15) is 5.82 Å². The van der Waals surface area contributed by atoms with Gasteiger partial charge in [0.05, 0.1) is 44.5 Å². The highest BCUT2D eigenvalue weighted by molar-refractivity contribution is 6.39. The fourth-order valence-corrected chi connectivity index (χ4v) is 9.82. The molecule has 0 atom stereocenters. The number of fused-ring (bicyclic) bond motifs is 15. The maximum atomic E-state index is 14.6. The summed E-state index contributed by atoms with van der Waals surface area (Å²) < 4.78 is 19.6. The van der Waals surface area contributed by atoms with Gasteiger partial charge in [0.2, 0.25) is 0 Å². The second-order valence-corrected chi connectivity index (χ2v) is 15.0. The van der Waals surface area contributed by atoms with Crippen LogP contribution in [0.25, 0.3) is 121 Å². The van der Waals surface area contributed by atoms with Gasteiger partial charge in [0, 0.05) is 54.2 Å². The third-order valence-corrected chi connectivity index (χ3v) is 12.1. The van der Waals surface area contributed by atoms with E-state index in [4.69, 9.17) is 9.97 Å². The van der Waals surface area contributed by atoms with Crippen molar-refractivity contribution in [2.75, 3.05) is 0 Å². The third kappa shape index (κ3) is 4.04. The first-order chi connectivity index (χ1) is 28.2.